The third-order valence-corrected chi connectivity index (χ3v) is 3.79. The molecule has 0 bridgehead atoms. The number of nitrogens with one attached hydrogen (secondary N) is 1. The van der Waals surface area contributed by atoms with Gasteiger partial charge in [0.25, 0.3) is 0 Å². The molecule has 0 spiro atoms. The molecule has 1 aromatic carbocycles. The second kappa shape index (κ2) is 5.16. The topological polar surface area (TPSA) is 52.0 Å². The third-order valence-electron chi connectivity index (χ3n) is 3.30. The van der Waals surface area contributed by atoms with Gasteiger partial charge in [0.2, 0.25) is 0 Å². The largest absolute Gasteiger partial charge is 0.353 e. The summed E-state index contributed by atoms with van der Waals surface area (Å²) in [5.41, 5.74) is 1.57. The van der Waals surface area contributed by atoms with Crippen LogP contribution >= 0.6 is 15.9 Å². The Kier molecular flexibility index (Phi) is 3.36. The number of aromatic nitrogens is 1. The quantitative estimate of drug-likeness (QED) is 0.877. The van der Waals surface area contributed by atoms with Gasteiger partial charge in [-0.25, -0.2) is 4.98 Å². The first-order valence-electron chi connectivity index (χ1n) is 6.24. The number of halogens is 1. The molecule has 0 aliphatic carbocycles. The molecular weight excluding hydrogens is 304 g/mol. The number of rotatable bonds is 1. The van der Waals surface area contributed by atoms with Gasteiger partial charge in [-0.3, -0.25) is 0 Å². The number of fused-ring (bicyclic) bond motifs is 1. The molecule has 1 aliphatic heterocycles. The van der Waals surface area contributed by atoms with Crippen LogP contribution < -0.4 is 10.2 Å². The molecule has 1 fully saturated rings. The first kappa shape index (κ1) is 12.4. The lowest BCUT2D eigenvalue weighted by Gasteiger charge is -2.29. The molecule has 0 atom stereocenters. The summed E-state index contributed by atoms with van der Waals surface area (Å²) in [5.74, 6) is 0.801. The molecule has 2 aromatic rings. The molecular formula is C14H13BrN4. The highest BCUT2D eigenvalue weighted by Crippen LogP contribution is 2.25. The van der Waals surface area contributed by atoms with Gasteiger partial charge in [0.05, 0.1) is 11.1 Å². The van der Waals surface area contributed by atoms with Crippen molar-refractivity contribution in [1.82, 2.24) is 10.3 Å². The summed E-state index contributed by atoms with van der Waals surface area (Å²) in [7, 11) is 0. The van der Waals surface area contributed by atoms with Crippen molar-refractivity contribution in [1.29, 1.82) is 5.26 Å². The standard InChI is InChI=1S/C14H13BrN4/c15-12-2-1-10-7-11(9-16)14(18-13(10)8-12)19-5-3-17-4-6-19/h1-2,7-8,17H,3-6H2. The lowest BCUT2D eigenvalue weighted by Crippen LogP contribution is -2.44. The SMILES string of the molecule is N#Cc1cc2ccc(Br)cc2nc1N1CCNCC1. The molecule has 0 saturated carbocycles. The second-order valence-electron chi connectivity index (χ2n) is 4.55. The second-order valence-corrected chi connectivity index (χ2v) is 5.46. The summed E-state index contributed by atoms with van der Waals surface area (Å²) in [5, 5.41) is 13.6. The zero-order chi connectivity index (χ0) is 13.2. The first-order chi connectivity index (χ1) is 9.28. The van der Waals surface area contributed by atoms with E-state index in [0.717, 1.165) is 47.4 Å². The lowest BCUT2D eigenvalue weighted by molar-refractivity contribution is 0.585. The van der Waals surface area contributed by atoms with Gasteiger partial charge in [-0.2, -0.15) is 5.26 Å². The molecule has 4 nitrogen and oxygen atoms in total. The summed E-state index contributed by atoms with van der Waals surface area (Å²) < 4.78 is 1.00. The number of pyridine rings is 1. The highest BCUT2D eigenvalue weighted by molar-refractivity contribution is 9.10. The van der Waals surface area contributed by atoms with E-state index in [1.165, 1.54) is 0 Å². The molecule has 2 heterocycles. The first-order valence-corrected chi connectivity index (χ1v) is 7.03. The Morgan fingerprint density at radius 2 is 2.05 bits per heavy atom. The van der Waals surface area contributed by atoms with Crippen molar-refractivity contribution in [3.8, 4) is 6.07 Å². The van der Waals surface area contributed by atoms with Crippen LogP contribution in [0.15, 0.2) is 28.7 Å². The predicted molar refractivity (Wildman–Crippen MR) is 79.2 cm³/mol. The van der Waals surface area contributed by atoms with Crippen LogP contribution in [-0.2, 0) is 0 Å². The fraction of sp³-hybridized carbons (Fsp3) is 0.286. The molecule has 96 valence electrons. The van der Waals surface area contributed by atoms with Crippen molar-refractivity contribution >= 4 is 32.7 Å². The van der Waals surface area contributed by atoms with Crippen LogP contribution in [-0.4, -0.2) is 31.2 Å². The fourth-order valence-corrected chi connectivity index (χ4v) is 2.68. The zero-order valence-corrected chi connectivity index (χ0v) is 11.9. The molecule has 0 radical (unpaired) electrons. The van der Waals surface area contributed by atoms with Crippen molar-refractivity contribution in [2.75, 3.05) is 31.1 Å². The summed E-state index contributed by atoms with van der Waals surface area (Å²) in [4.78, 5) is 6.85. The Balaban J connectivity index is 2.13. The Labute approximate surface area is 120 Å². The molecule has 1 saturated heterocycles. The molecule has 1 N–H and O–H groups in total. The van der Waals surface area contributed by atoms with Gasteiger partial charge in [-0.05, 0) is 18.2 Å². The van der Waals surface area contributed by atoms with E-state index in [1.807, 2.05) is 24.3 Å². The van der Waals surface area contributed by atoms with Gasteiger partial charge >= 0.3 is 0 Å². The van der Waals surface area contributed by atoms with Crippen molar-refractivity contribution in [3.63, 3.8) is 0 Å². The molecule has 19 heavy (non-hydrogen) atoms. The summed E-state index contributed by atoms with van der Waals surface area (Å²) in [6, 6.07) is 10.1. The zero-order valence-electron chi connectivity index (χ0n) is 10.4. The molecule has 1 aliphatic rings. The van der Waals surface area contributed by atoms with Crippen molar-refractivity contribution in [2.45, 2.75) is 0 Å². The smallest absolute Gasteiger partial charge is 0.147 e. The van der Waals surface area contributed by atoms with Gasteiger partial charge in [0.15, 0.2) is 0 Å². The number of anilines is 1. The highest BCUT2D eigenvalue weighted by Gasteiger charge is 2.16. The van der Waals surface area contributed by atoms with Crippen LogP contribution in [0.2, 0.25) is 0 Å². The van der Waals surface area contributed by atoms with Crippen LogP contribution in [0.3, 0.4) is 0 Å². The minimum atomic E-state index is 0.650. The maximum absolute atomic E-state index is 9.32. The average molecular weight is 317 g/mol. The van der Waals surface area contributed by atoms with E-state index >= 15 is 0 Å². The molecule has 1 aromatic heterocycles. The van der Waals surface area contributed by atoms with Crippen LogP contribution in [0, 0.1) is 11.3 Å². The van der Waals surface area contributed by atoms with E-state index < -0.39 is 0 Å². The van der Waals surface area contributed by atoms with Gasteiger partial charge in [0.1, 0.15) is 11.9 Å². The highest BCUT2D eigenvalue weighted by atomic mass is 79.9. The molecule has 5 heteroatoms. The summed E-state index contributed by atoms with van der Waals surface area (Å²) in [6.45, 7) is 3.65. The minimum Gasteiger partial charge on any atom is -0.353 e. The Morgan fingerprint density at radius 3 is 2.79 bits per heavy atom. The van der Waals surface area contributed by atoms with E-state index in [-0.39, 0.29) is 0 Å². The minimum absolute atomic E-state index is 0.650. The van der Waals surface area contributed by atoms with Crippen molar-refractivity contribution in [2.24, 2.45) is 0 Å². The van der Waals surface area contributed by atoms with Crippen molar-refractivity contribution < 1.29 is 0 Å². The van der Waals surface area contributed by atoms with E-state index in [2.05, 4.69) is 37.2 Å². The maximum Gasteiger partial charge on any atom is 0.147 e. The lowest BCUT2D eigenvalue weighted by atomic mass is 10.1. The summed E-state index contributed by atoms with van der Waals surface area (Å²) in [6.07, 6.45) is 0. The summed E-state index contributed by atoms with van der Waals surface area (Å²) >= 11 is 3.46. The Morgan fingerprint density at radius 1 is 1.26 bits per heavy atom. The molecule has 0 amide bonds. The van der Waals surface area contributed by atoms with Gasteiger partial charge in [-0.15, -0.1) is 0 Å². The van der Waals surface area contributed by atoms with Crippen LogP contribution in [0.5, 0.6) is 0 Å². The number of hydrogen-bond acceptors (Lipinski definition) is 4. The van der Waals surface area contributed by atoms with E-state index in [1.54, 1.807) is 0 Å². The van der Waals surface area contributed by atoms with Gasteiger partial charge < -0.3 is 10.2 Å². The normalized spacial score (nSPS) is 15.5. The van der Waals surface area contributed by atoms with E-state index in [9.17, 15) is 5.26 Å². The van der Waals surface area contributed by atoms with Crippen LogP contribution in [0.1, 0.15) is 5.56 Å². The Hall–Kier alpha value is -1.64. The average Bonchev–Trinajstić information content (AvgIpc) is 2.46. The molecule has 0 unspecified atom stereocenters. The predicted octanol–water partition coefficient (Wildman–Crippen LogP) is 2.28. The number of piperazine rings is 1. The van der Waals surface area contributed by atoms with Gasteiger partial charge in [0, 0.05) is 36.0 Å². The monoisotopic (exact) mass is 316 g/mol. The number of benzene rings is 1. The van der Waals surface area contributed by atoms with E-state index in [4.69, 9.17) is 0 Å². The number of nitriles is 1. The Bertz CT molecular complexity index is 656. The maximum atomic E-state index is 9.32. The van der Waals surface area contributed by atoms with Crippen LogP contribution in [0.4, 0.5) is 5.82 Å². The number of hydrogen-bond donors (Lipinski definition) is 1. The van der Waals surface area contributed by atoms with Gasteiger partial charge in [-0.1, -0.05) is 22.0 Å². The molecule has 3 rings (SSSR count). The van der Waals surface area contributed by atoms with Crippen molar-refractivity contribution in [3.05, 3.63) is 34.3 Å². The van der Waals surface area contributed by atoms with Crippen LogP contribution in [0.25, 0.3) is 10.9 Å². The fourth-order valence-electron chi connectivity index (χ4n) is 2.33. The third kappa shape index (κ3) is 2.42. The van der Waals surface area contributed by atoms with E-state index in [0.29, 0.717) is 5.56 Å². The number of nitrogens with zero attached hydrogens (tertiary/aromatic N) is 3.